The number of likely N-dealkylation sites (tertiary alicyclic amines) is 1. The van der Waals surface area contributed by atoms with Gasteiger partial charge in [-0.05, 0) is 45.2 Å². The van der Waals surface area contributed by atoms with Gasteiger partial charge in [-0.1, -0.05) is 17.7 Å². The molecule has 1 amide bonds. The third-order valence-electron chi connectivity index (χ3n) is 6.45. The Bertz CT molecular complexity index is 587. The standard InChI is InChI=1S/C20H30N2O/c1-5-22(11-6-7-12-22)20(9-8-10-20)19(23)21-18-16(3)13-15(2)14-17(18)4/h13-14H,5-12H2,1-4H3/p+1. The maximum atomic E-state index is 13.3. The van der Waals surface area contributed by atoms with Gasteiger partial charge in [0.15, 0.2) is 5.54 Å². The van der Waals surface area contributed by atoms with Gasteiger partial charge >= 0.3 is 0 Å². The third-order valence-corrected chi connectivity index (χ3v) is 6.45. The van der Waals surface area contributed by atoms with Crippen LogP contribution in [0.25, 0.3) is 0 Å². The van der Waals surface area contributed by atoms with Crippen LogP contribution < -0.4 is 5.32 Å². The molecule has 1 saturated carbocycles. The van der Waals surface area contributed by atoms with Gasteiger partial charge in [0.05, 0.1) is 19.6 Å². The maximum absolute atomic E-state index is 13.3. The Morgan fingerprint density at radius 1 is 1.09 bits per heavy atom. The van der Waals surface area contributed by atoms with Gasteiger partial charge in [-0.25, -0.2) is 0 Å². The SMILES string of the molecule is CC[N+]1(C2(C(=O)Nc3c(C)cc(C)cc3C)CCC2)CCCC1. The number of hydrogen-bond acceptors (Lipinski definition) is 1. The Morgan fingerprint density at radius 2 is 1.65 bits per heavy atom. The van der Waals surface area contributed by atoms with Gasteiger partial charge in [0, 0.05) is 31.4 Å². The third kappa shape index (κ3) is 2.50. The van der Waals surface area contributed by atoms with Gasteiger partial charge < -0.3 is 9.80 Å². The lowest BCUT2D eigenvalue weighted by Gasteiger charge is -2.54. The number of amides is 1. The number of nitrogens with zero attached hydrogens (tertiary/aromatic N) is 1. The molecule has 3 rings (SSSR count). The topological polar surface area (TPSA) is 29.1 Å². The number of likely N-dealkylation sites (N-methyl/N-ethyl adjacent to an activating group) is 1. The van der Waals surface area contributed by atoms with Crippen LogP contribution in [0.3, 0.4) is 0 Å². The Labute approximate surface area is 140 Å². The van der Waals surface area contributed by atoms with Gasteiger partial charge in [-0.2, -0.15) is 0 Å². The fourth-order valence-electron chi connectivity index (χ4n) is 5.02. The van der Waals surface area contributed by atoms with Crippen molar-refractivity contribution >= 4 is 11.6 Å². The number of carbonyl (C=O) groups excluding carboxylic acids is 1. The molecule has 1 heterocycles. The number of carbonyl (C=O) groups is 1. The number of quaternary nitrogens is 1. The molecule has 2 aliphatic rings. The van der Waals surface area contributed by atoms with E-state index in [1.165, 1.54) is 49.0 Å². The first kappa shape index (κ1) is 16.5. The predicted octanol–water partition coefficient (Wildman–Crippen LogP) is 4.10. The van der Waals surface area contributed by atoms with E-state index in [0.29, 0.717) is 0 Å². The summed E-state index contributed by atoms with van der Waals surface area (Å²) in [5, 5.41) is 3.33. The summed E-state index contributed by atoms with van der Waals surface area (Å²) >= 11 is 0. The van der Waals surface area contributed by atoms with Crippen molar-refractivity contribution in [2.45, 2.75) is 65.3 Å². The van der Waals surface area contributed by atoms with Crippen molar-refractivity contribution in [1.29, 1.82) is 0 Å². The van der Waals surface area contributed by atoms with E-state index in [9.17, 15) is 4.79 Å². The number of rotatable bonds is 4. The van der Waals surface area contributed by atoms with E-state index in [2.05, 4.69) is 45.1 Å². The summed E-state index contributed by atoms with van der Waals surface area (Å²) < 4.78 is 1.02. The van der Waals surface area contributed by atoms with E-state index in [0.717, 1.165) is 29.6 Å². The first-order chi connectivity index (χ1) is 10.9. The lowest BCUT2D eigenvalue weighted by Crippen LogP contribution is -2.71. The number of hydrogen-bond donors (Lipinski definition) is 1. The summed E-state index contributed by atoms with van der Waals surface area (Å²) in [4.78, 5) is 13.3. The molecule has 0 aromatic heterocycles. The molecular weight excluding hydrogens is 284 g/mol. The zero-order chi connectivity index (χ0) is 16.7. The van der Waals surface area contributed by atoms with E-state index in [1.54, 1.807) is 0 Å². The molecular formula is C20H31N2O+. The molecule has 0 radical (unpaired) electrons. The second-order valence-electron chi connectivity index (χ2n) is 7.73. The molecule has 1 aliphatic carbocycles. The maximum Gasteiger partial charge on any atom is 0.285 e. The molecule has 0 unspecified atom stereocenters. The van der Waals surface area contributed by atoms with Gasteiger partial charge in [-0.3, -0.25) is 4.79 Å². The molecule has 1 aromatic carbocycles. The summed E-state index contributed by atoms with van der Waals surface area (Å²) in [6.07, 6.45) is 5.84. The molecule has 0 bridgehead atoms. The van der Waals surface area contributed by atoms with Gasteiger partial charge in [0.25, 0.3) is 5.91 Å². The van der Waals surface area contributed by atoms with Crippen LogP contribution in [0.5, 0.6) is 0 Å². The lowest BCUT2D eigenvalue weighted by molar-refractivity contribution is -0.960. The van der Waals surface area contributed by atoms with Gasteiger partial charge in [0.2, 0.25) is 0 Å². The molecule has 1 aliphatic heterocycles. The minimum atomic E-state index is -0.172. The summed E-state index contributed by atoms with van der Waals surface area (Å²) in [6, 6.07) is 4.33. The molecule has 1 N–H and O–H groups in total. The van der Waals surface area contributed by atoms with E-state index < -0.39 is 0 Å². The molecule has 0 spiro atoms. The van der Waals surface area contributed by atoms with Crippen LogP contribution in [0.1, 0.15) is 55.7 Å². The molecule has 1 aromatic rings. The number of aryl methyl sites for hydroxylation is 3. The van der Waals surface area contributed by atoms with Crippen LogP contribution in [0.2, 0.25) is 0 Å². The van der Waals surface area contributed by atoms with Crippen molar-refractivity contribution in [3.8, 4) is 0 Å². The van der Waals surface area contributed by atoms with Crippen LogP contribution in [0.4, 0.5) is 5.69 Å². The van der Waals surface area contributed by atoms with E-state index in [-0.39, 0.29) is 11.4 Å². The smallest absolute Gasteiger partial charge is 0.285 e. The minimum absolute atomic E-state index is 0.172. The van der Waals surface area contributed by atoms with Crippen LogP contribution in [0.15, 0.2) is 12.1 Å². The van der Waals surface area contributed by atoms with Crippen molar-refractivity contribution in [3.05, 3.63) is 28.8 Å². The van der Waals surface area contributed by atoms with E-state index in [1.807, 2.05) is 0 Å². The Hall–Kier alpha value is -1.35. The Kier molecular flexibility index (Phi) is 4.26. The fourth-order valence-corrected chi connectivity index (χ4v) is 5.02. The van der Waals surface area contributed by atoms with Crippen molar-refractivity contribution in [2.24, 2.45) is 0 Å². The number of nitrogens with one attached hydrogen (secondary N) is 1. The fraction of sp³-hybridized carbons (Fsp3) is 0.650. The second kappa shape index (κ2) is 5.94. The molecule has 2 fully saturated rings. The van der Waals surface area contributed by atoms with Crippen molar-refractivity contribution in [2.75, 3.05) is 25.0 Å². The van der Waals surface area contributed by atoms with Gasteiger partial charge in [0.1, 0.15) is 0 Å². The van der Waals surface area contributed by atoms with Crippen LogP contribution in [-0.2, 0) is 4.79 Å². The average Bonchev–Trinajstić information content (AvgIpc) is 2.91. The van der Waals surface area contributed by atoms with Gasteiger partial charge in [-0.15, -0.1) is 0 Å². The summed E-state index contributed by atoms with van der Waals surface area (Å²) in [6.45, 7) is 12.0. The quantitative estimate of drug-likeness (QED) is 0.833. The van der Waals surface area contributed by atoms with Crippen molar-refractivity contribution in [3.63, 3.8) is 0 Å². The van der Waals surface area contributed by atoms with Crippen molar-refractivity contribution in [1.82, 2.24) is 0 Å². The number of anilines is 1. The highest BCUT2D eigenvalue weighted by molar-refractivity contribution is 5.99. The van der Waals surface area contributed by atoms with E-state index >= 15 is 0 Å². The molecule has 23 heavy (non-hydrogen) atoms. The molecule has 3 heteroatoms. The molecule has 1 saturated heterocycles. The second-order valence-corrected chi connectivity index (χ2v) is 7.73. The monoisotopic (exact) mass is 315 g/mol. The lowest BCUT2D eigenvalue weighted by atomic mass is 9.72. The summed E-state index contributed by atoms with van der Waals surface area (Å²) in [5.41, 5.74) is 4.47. The average molecular weight is 315 g/mol. The predicted molar refractivity (Wildman–Crippen MR) is 95.6 cm³/mol. The normalized spacial score (nSPS) is 21.7. The number of benzene rings is 1. The summed E-state index contributed by atoms with van der Waals surface area (Å²) in [5.74, 6) is 0.266. The Balaban J connectivity index is 1.90. The zero-order valence-corrected chi connectivity index (χ0v) is 15.2. The van der Waals surface area contributed by atoms with Crippen molar-refractivity contribution < 1.29 is 9.28 Å². The zero-order valence-electron chi connectivity index (χ0n) is 15.2. The Morgan fingerprint density at radius 3 is 2.09 bits per heavy atom. The summed E-state index contributed by atoms with van der Waals surface area (Å²) in [7, 11) is 0. The highest BCUT2D eigenvalue weighted by Crippen LogP contribution is 2.46. The molecule has 126 valence electrons. The minimum Gasteiger partial charge on any atom is -0.320 e. The van der Waals surface area contributed by atoms with Crippen LogP contribution in [-0.4, -0.2) is 35.6 Å². The highest BCUT2D eigenvalue weighted by atomic mass is 16.2. The molecule has 3 nitrogen and oxygen atoms in total. The largest absolute Gasteiger partial charge is 0.320 e. The van der Waals surface area contributed by atoms with E-state index in [4.69, 9.17) is 0 Å². The highest BCUT2D eigenvalue weighted by Gasteiger charge is 2.60. The van der Waals surface area contributed by atoms with Crippen LogP contribution in [0, 0.1) is 20.8 Å². The first-order valence-electron chi connectivity index (χ1n) is 9.20. The molecule has 0 atom stereocenters. The first-order valence-corrected chi connectivity index (χ1v) is 9.20. The van der Waals surface area contributed by atoms with Crippen LogP contribution >= 0.6 is 0 Å².